The maximum absolute atomic E-state index is 8.88. The third-order valence-electron chi connectivity index (χ3n) is 2.92. The first-order valence-corrected chi connectivity index (χ1v) is 6.03. The van der Waals surface area contributed by atoms with Gasteiger partial charge in [0.15, 0.2) is 0 Å². The second-order valence-electron chi connectivity index (χ2n) is 4.30. The van der Waals surface area contributed by atoms with Crippen molar-refractivity contribution < 1.29 is 0 Å². The maximum atomic E-state index is 8.88. The highest BCUT2D eigenvalue weighted by Crippen LogP contribution is 2.19. The zero-order valence-electron chi connectivity index (χ0n) is 10.4. The van der Waals surface area contributed by atoms with E-state index in [-0.39, 0.29) is 0 Å². The highest BCUT2D eigenvalue weighted by atomic mass is 14.2. The van der Waals surface area contributed by atoms with Gasteiger partial charge in [-0.3, -0.25) is 0 Å². The van der Waals surface area contributed by atoms with Crippen molar-refractivity contribution >= 4 is 6.08 Å². The van der Waals surface area contributed by atoms with E-state index in [4.69, 9.17) is 5.26 Å². The predicted molar refractivity (Wildman–Crippen MR) is 75.0 cm³/mol. The lowest BCUT2D eigenvalue weighted by atomic mass is 9.98. The average molecular weight is 233 g/mol. The summed E-state index contributed by atoms with van der Waals surface area (Å²) in [5.74, 6) is 0.304. The van der Waals surface area contributed by atoms with E-state index >= 15 is 0 Å². The fraction of sp³-hybridized carbons (Fsp3) is 0.118. The first-order chi connectivity index (χ1) is 8.79. The highest BCUT2D eigenvalue weighted by molar-refractivity contribution is 5.50. The summed E-state index contributed by atoms with van der Waals surface area (Å²) in [5, 5.41) is 8.88. The topological polar surface area (TPSA) is 23.8 Å². The number of hydrogen-bond acceptors (Lipinski definition) is 1. The first kappa shape index (κ1) is 12.1. The van der Waals surface area contributed by atoms with Crippen LogP contribution in [0.5, 0.6) is 0 Å². The smallest absolute Gasteiger partial charge is 0.0991 e. The molecule has 88 valence electrons. The van der Waals surface area contributed by atoms with E-state index in [9.17, 15) is 0 Å². The first-order valence-electron chi connectivity index (χ1n) is 6.03. The fourth-order valence-corrected chi connectivity index (χ4v) is 1.82. The molecule has 2 rings (SSSR count). The molecule has 0 bridgehead atoms. The summed E-state index contributed by atoms with van der Waals surface area (Å²) in [4.78, 5) is 0. The second-order valence-corrected chi connectivity index (χ2v) is 4.30. The number of allylic oxidation sites excluding steroid dienone is 1. The Labute approximate surface area is 108 Å². The molecular weight excluding hydrogens is 218 g/mol. The zero-order chi connectivity index (χ0) is 12.8. The van der Waals surface area contributed by atoms with Crippen molar-refractivity contribution in [2.75, 3.05) is 0 Å². The summed E-state index contributed by atoms with van der Waals surface area (Å²) < 4.78 is 0. The molecule has 0 aliphatic rings. The van der Waals surface area contributed by atoms with Gasteiger partial charge in [-0.15, -0.1) is 0 Å². The van der Waals surface area contributed by atoms with E-state index in [1.165, 1.54) is 11.1 Å². The molecule has 0 saturated heterocycles. The molecule has 0 amide bonds. The lowest BCUT2D eigenvalue weighted by Gasteiger charge is -2.06. The van der Waals surface area contributed by atoms with Gasteiger partial charge in [-0.05, 0) is 29.2 Å². The van der Waals surface area contributed by atoms with Crippen molar-refractivity contribution in [1.29, 1.82) is 5.26 Å². The van der Waals surface area contributed by atoms with Crippen LogP contribution in [0.3, 0.4) is 0 Å². The van der Waals surface area contributed by atoms with Crippen LogP contribution in [0.2, 0.25) is 0 Å². The van der Waals surface area contributed by atoms with Crippen LogP contribution in [-0.4, -0.2) is 0 Å². The Balaban J connectivity index is 2.15. The molecular formula is C17H15N. The summed E-state index contributed by atoms with van der Waals surface area (Å²) in [6, 6.07) is 20.2. The summed E-state index contributed by atoms with van der Waals surface area (Å²) in [6.45, 7) is 2.13. The van der Waals surface area contributed by atoms with Gasteiger partial charge >= 0.3 is 0 Å². The lowest BCUT2D eigenvalue weighted by molar-refractivity contribution is 0.972. The summed E-state index contributed by atoms with van der Waals surface area (Å²) in [6.07, 6.45) is 4.27. The van der Waals surface area contributed by atoms with Crippen LogP contribution >= 0.6 is 0 Å². The molecule has 2 aromatic rings. The van der Waals surface area contributed by atoms with E-state index in [0.29, 0.717) is 11.5 Å². The van der Waals surface area contributed by atoms with Gasteiger partial charge in [0.2, 0.25) is 0 Å². The van der Waals surface area contributed by atoms with Gasteiger partial charge in [0, 0.05) is 0 Å². The van der Waals surface area contributed by atoms with Crippen molar-refractivity contribution in [3.8, 4) is 6.07 Å². The van der Waals surface area contributed by atoms with Crippen LogP contribution in [0.4, 0.5) is 0 Å². The molecule has 2 aromatic carbocycles. The van der Waals surface area contributed by atoms with E-state index < -0.39 is 0 Å². The predicted octanol–water partition coefficient (Wildman–Crippen LogP) is 4.38. The van der Waals surface area contributed by atoms with Crippen LogP contribution in [0, 0.1) is 11.3 Å². The van der Waals surface area contributed by atoms with Gasteiger partial charge in [-0.1, -0.05) is 61.5 Å². The Bertz CT molecular complexity index is 576. The number of rotatable bonds is 3. The SMILES string of the molecule is C[C@@H](/C=C/c1ccccc1)c1cccc(C#N)c1. The molecule has 0 fully saturated rings. The summed E-state index contributed by atoms with van der Waals surface area (Å²) in [7, 11) is 0. The standard InChI is InChI=1S/C17H15N/c1-14(10-11-15-6-3-2-4-7-15)17-9-5-8-16(12-17)13-18/h2-12,14H,1H3/b11-10+/t14-/m0/s1. The van der Waals surface area contributed by atoms with Crippen molar-refractivity contribution in [3.05, 3.63) is 77.4 Å². The molecule has 0 aliphatic carbocycles. The van der Waals surface area contributed by atoms with Crippen molar-refractivity contribution in [2.45, 2.75) is 12.8 Å². The van der Waals surface area contributed by atoms with Crippen molar-refractivity contribution in [1.82, 2.24) is 0 Å². The second kappa shape index (κ2) is 5.84. The van der Waals surface area contributed by atoms with Crippen LogP contribution in [0.15, 0.2) is 60.7 Å². The van der Waals surface area contributed by atoms with Crippen LogP contribution < -0.4 is 0 Å². The highest BCUT2D eigenvalue weighted by Gasteiger charge is 2.02. The number of nitrogens with zero attached hydrogens (tertiary/aromatic N) is 1. The number of benzene rings is 2. The Morgan fingerprint density at radius 3 is 2.56 bits per heavy atom. The minimum atomic E-state index is 0.304. The molecule has 0 unspecified atom stereocenters. The Morgan fingerprint density at radius 2 is 1.83 bits per heavy atom. The van der Waals surface area contributed by atoms with Gasteiger partial charge < -0.3 is 0 Å². The van der Waals surface area contributed by atoms with Gasteiger partial charge in [0.1, 0.15) is 0 Å². The van der Waals surface area contributed by atoms with E-state index in [1.54, 1.807) is 0 Å². The van der Waals surface area contributed by atoms with Crippen molar-refractivity contribution in [2.24, 2.45) is 0 Å². The minimum absolute atomic E-state index is 0.304. The molecule has 0 saturated carbocycles. The third-order valence-corrected chi connectivity index (χ3v) is 2.92. The molecule has 18 heavy (non-hydrogen) atoms. The molecule has 0 N–H and O–H groups in total. The fourth-order valence-electron chi connectivity index (χ4n) is 1.82. The number of hydrogen-bond donors (Lipinski definition) is 0. The minimum Gasteiger partial charge on any atom is -0.192 e. The summed E-state index contributed by atoms with van der Waals surface area (Å²) in [5.41, 5.74) is 3.08. The molecule has 0 aliphatic heterocycles. The molecule has 1 heteroatoms. The molecule has 0 aromatic heterocycles. The van der Waals surface area contributed by atoms with E-state index in [0.717, 1.165) is 0 Å². The molecule has 0 spiro atoms. The largest absolute Gasteiger partial charge is 0.192 e. The number of nitriles is 1. The maximum Gasteiger partial charge on any atom is 0.0991 e. The Kier molecular flexibility index (Phi) is 3.94. The lowest BCUT2D eigenvalue weighted by Crippen LogP contribution is -1.89. The van der Waals surface area contributed by atoms with Gasteiger partial charge in [-0.2, -0.15) is 5.26 Å². The third kappa shape index (κ3) is 3.09. The molecule has 0 radical (unpaired) electrons. The monoisotopic (exact) mass is 233 g/mol. The van der Waals surface area contributed by atoms with Crippen LogP contribution in [0.25, 0.3) is 6.08 Å². The average Bonchev–Trinajstić information content (AvgIpc) is 2.46. The quantitative estimate of drug-likeness (QED) is 0.772. The summed E-state index contributed by atoms with van der Waals surface area (Å²) >= 11 is 0. The van der Waals surface area contributed by atoms with E-state index in [1.807, 2.05) is 36.4 Å². The van der Waals surface area contributed by atoms with Gasteiger partial charge in [0.25, 0.3) is 0 Å². The zero-order valence-corrected chi connectivity index (χ0v) is 10.4. The van der Waals surface area contributed by atoms with Crippen molar-refractivity contribution in [3.63, 3.8) is 0 Å². The van der Waals surface area contributed by atoms with Crippen LogP contribution in [-0.2, 0) is 0 Å². The van der Waals surface area contributed by atoms with Gasteiger partial charge in [-0.25, -0.2) is 0 Å². The van der Waals surface area contributed by atoms with Gasteiger partial charge in [0.05, 0.1) is 11.6 Å². The normalized spacial score (nSPS) is 12.2. The molecule has 0 heterocycles. The Morgan fingerprint density at radius 1 is 1.06 bits per heavy atom. The molecule has 1 atom stereocenters. The molecule has 1 nitrogen and oxygen atoms in total. The Hall–Kier alpha value is -2.33. The van der Waals surface area contributed by atoms with E-state index in [2.05, 4.69) is 43.3 Å². The van der Waals surface area contributed by atoms with Crippen LogP contribution in [0.1, 0.15) is 29.5 Å².